The molecule has 0 aliphatic heterocycles. The standard InChI is InChI=1S/C15H14F4N2/c16-12-4-6-13(7-5-12)20-8-9-21-14-3-1-2-11(10-14)15(17,18)19/h1-7,10,20-21H,8-9H2. The molecule has 2 N–H and O–H groups in total. The summed E-state index contributed by atoms with van der Waals surface area (Å²) in [6.45, 7) is 0.945. The van der Waals surface area contributed by atoms with Gasteiger partial charge in [0, 0.05) is 24.5 Å². The Balaban J connectivity index is 1.82. The van der Waals surface area contributed by atoms with Crippen molar-refractivity contribution in [1.29, 1.82) is 0 Å². The van der Waals surface area contributed by atoms with E-state index in [1.165, 1.54) is 18.2 Å². The molecule has 0 fully saturated rings. The fraction of sp³-hybridized carbons (Fsp3) is 0.200. The van der Waals surface area contributed by atoms with Crippen LogP contribution in [0.3, 0.4) is 0 Å². The molecule has 0 heterocycles. The lowest BCUT2D eigenvalue weighted by Crippen LogP contribution is -2.14. The average molecular weight is 298 g/mol. The summed E-state index contributed by atoms with van der Waals surface area (Å²) in [5.41, 5.74) is 0.479. The van der Waals surface area contributed by atoms with Gasteiger partial charge in [-0.25, -0.2) is 4.39 Å². The predicted octanol–water partition coefficient (Wildman–Crippen LogP) is 4.37. The van der Waals surface area contributed by atoms with Crippen molar-refractivity contribution in [3.63, 3.8) is 0 Å². The van der Waals surface area contributed by atoms with Crippen LogP contribution in [0.4, 0.5) is 28.9 Å². The number of halogens is 4. The topological polar surface area (TPSA) is 24.1 Å². The lowest BCUT2D eigenvalue weighted by atomic mass is 10.2. The quantitative estimate of drug-likeness (QED) is 0.633. The van der Waals surface area contributed by atoms with E-state index in [9.17, 15) is 17.6 Å². The molecule has 0 atom stereocenters. The van der Waals surface area contributed by atoms with Gasteiger partial charge >= 0.3 is 6.18 Å². The predicted molar refractivity (Wildman–Crippen MR) is 74.8 cm³/mol. The molecule has 0 aliphatic rings. The maximum absolute atomic E-state index is 12.7. The van der Waals surface area contributed by atoms with E-state index < -0.39 is 11.7 Å². The summed E-state index contributed by atoms with van der Waals surface area (Å²) >= 11 is 0. The molecule has 2 aromatic carbocycles. The minimum Gasteiger partial charge on any atom is -0.383 e. The van der Waals surface area contributed by atoms with Crippen molar-refractivity contribution < 1.29 is 17.6 Å². The Morgan fingerprint density at radius 1 is 0.810 bits per heavy atom. The normalized spacial score (nSPS) is 11.2. The average Bonchev–Trinajstić information content (AvgIpc) is 2.45. The first-order valence-electron chi connectivity index (χ1n) is 6.36. The lowest BCUT2D eigenvalue weighted by Gasteiger charge is -2.11. The third-order valence-electron chi connectivity index (χ3n) is 2.82. The molecule has 0 saturated carbocycles. The first-order chi connectivity index (χ1) is 9.95. The minimum absolute atomic E-state index is 0.317. The van der Waals surface area contributed by atoms with E-state index in [1.54, 1.807) is 18.2 Å². The van der Waals surface area contributed by atoms with Gasteiger partial charge in [0.15, 0.2) is 0 Å². The van der Waals surface area contributed by atoms with Crippen molar-refractivity contribution in [2.45, 2.75) is 6.18 Å². The van der Waals surface area contributed by atoms with Gasteiger partial charge in [0.1, 0.15) is 5.82 Å². The van der Waals surface area contributed by atoms with E-state index >= 15 is 0 Å². The van der Waals surface area contributed by atoms with Crippen LogP contribution in [0.1, 0.15) is 5.56 Å². The van der Waals surface area contributed by atoms with Crippen LogP contribution in [0.25, 0.3) is 0 Å². The van der Waals surface area contributed by atoms with Gasteiger partial charge in [-0.1, -0.05) is 6.07 Å². The van der Waals surface area contributed by atoms with E-state index in [1.807, 2.05) is 0 Å². The number of anilines is 2. The van der Waals surface area contributed by atoms with Crippen molar-refractivity contribution in [3.8, 4) is 0 Å². The van der Waals surface area contributed by atoms with Crippen molar-refractivity contribution >= 4 is 11.4 Å². The molecule has 0 spiro atoms. The molecule has 2 aromatic rings. The van der Waals surface area contributed by atoms with Crippen molar-refractivity contribution in [1.82, 2.24) is 0 Å². The van der Waals surface area contributed by atoms with E-state index in [0.717, 1.165) is 17.8 Å². The highest BCUT2D eigenvalue weighted by atomic mass is 19.4. The summed E-state index contributed by atoms with van der Waals surface area (Å²) in [5.74, 6) is -0.317. The molecule has 0 radical (unpaired) electrons. The summed E-state index contributed by atoms with van der Waals surface area (Å²) in [6.07, 6.45) is -4.34. The smallest absolute Gasteiger partial charge is 0.383 e. The molecule has 0 aliphatic carbocycles. The molecule has 0 amide bonds. The molecule has 0 aromatic heterocycles. The largest absolute Gasteiger partial charge is 0.416 e. The molecular weight excluding hydrogens is 284 g/mol. The van der Waals surface area contributed by atoms with E-state index in [2.05, 4.69) is 10.6 Å². The Morgan fingerprint density at radius 3 is 2.05 bits per heavy atom. The molecule has 0 unspecified atom stereocenters. The Bertz CT molecular complexity index is 579. The summed E-state index contributed by atoms with van der Waals surface area (Å²) in [6, 6.07) is 10.9. The maximum atomic E-state index is 12.7. The SMILES string of the molecule is Fc1ccc(NCCNc2cccc(C(F)(F)F)c2)cc1. The second kappa shape index (κ2) is 6.47. The molecule has 6 heteroatoms. The van der Waals surface area contributed by atoms with Gasteiger partial charge in [-0.2, -0.15) is 13.2 Å². The van der Waals surface area contributed by atoms with Crippen LogP contribution in [0.2, 0.25) is 0 Å². The number of rotatable bonds is 5. The molecule has 0 bridgehead atoms. The highest BCUT2D eigenvalue weighted by Crippen LogP contribution is 2.30. The van der Waals surface area contributed by atoms with Crippen LogP contribution in [-0.4, -0.2) is 13.1 Å². The Labute approximate surface area is 119 Å². The zero-order valence-corrected chi connectivity index (χ0v) is 11.0. The second-order valence-electron chi connectivity index (χ2n) is 4.44. The molecule has 0 saturated heterocycles. The molecule has 112 valence electrons. The van der Waals surface area contributed by atoms with Gasteiger partial charge in [-0.15, -0.1) is 0 Å². The third kappa shape index (κ3) is 4.66. The van der Waals surface area contributed by atoms with Gasteiger partial charge in [0.2, 0.25) is 0 Å². The lowest BCUT2D eigenvalue weighted by molar-refractivity contribution is -0.137. The number of hydrogen-bond donors (Lipinski definition) is 2. The number of hydrogen-bond acceptors (Lipinski definition) is 2. The van der Waals surface area contributed by atoms with Crippen LogP contribution in [0.15, 0.2) is 48.5 Å². The maximum Gasteiger partial charge on any atom is 0.416 e. The minimum atomic E-state index is -4.34. The highest BCUT2D eigenvalue weighted by molar-refractivity contribution is 5.47. The highest BCUT2D eigenvalue weighted by Gasteiger charge is 2.30. The van der Waals surface area contributed by atoms with Gasteiger partial charge in [0.25, 0.3) is 0 Å². The Hall–Kier alpha value is -2.24. The first-order valence-corrected chi connectivity index (χ1v) is 6.36. The summed E-state index contributed by atoms with van der Waals surface area (Å²) in [4.78, 5) is 0. The van der Waals surface area contributed by atoms with Crippen LogP contribution >= 0.6 is 0 Å². The Kier molecular flexibility index (Phi) is 4.67. The van der Waals surface area contributed by atoms with E-state index in [-0.39, 0.29) is 5.82 Å². The van der Waals surface area contributed by atoms with E-state index in [0.29, 0.717) is 18.8 Å². The van der Waals surface area contributed by atoms with Crippen LogP contribution in [0.5, 0.6) is 0 Å². The molecular formula is C15H14F4N2. The fourth-order valence-corrected chi connectivity index (χ4v) is 1.79. The first kappa shape index (κ1) is 15.2. The van der Waals surface area contributed by atoms with Crippen LogP contribution in [0, 0.1) is 5.82 Å². The van der Waals surface area contributed by atoms with Crippen molar-refractivity contribution in [3.05, 3.63) is 59.9 Å². The summed E-state index contributed by atoms with van der Waals surface area (Å²) in [5, 5.41) is 5.94. The van der Waals surface area contributed by atoms with Gasteiger partial charge in [0.05, 0.1) is 5.56 Å². The Morgan fingerprint density at radius 2 is 1.43 bits per heavy atom. The summed E-state index contributed by atoms with van der Waals surface area (Å²) < 4.78 is 50.3. The number of alkyl halides is 3. The van der Waals surface area contributed by atoms with E-state index in [4.69, 9.17) is 0 Å². The molecule has 21 heavy (non-hydrogen) atoms. The van der Waals surface area contributed by atoms with Gasteiger partial charge in [-0.05, 0) is 42.5 Å². The van der Waals surface area contributed by atoms with Gasteiger partial charge < -0.3 is 10.6 Å². The van der Waals surface area contributed by atoms with Crippen LogP contribution < -0.4 is 10.6 Å². The zero-order chi connectivity index (χ0) is 15.3. The molecule has 2 rings (SSSR count). The second-order valence-corrected chi connectivity index (χ2v) is 4.44. The third-order valence-corrected chi connectivity index (χ3v) is 2.82. The molecule has 2 nitrogen and oxygen atoms in total. The van der Waals surface area contributed by atoms with Crippen molar-refractivity contribution in [2.75, 3.05) is 23.7 Å². The number of nitrogens with one attached hydrogen (secondary N) is 2. The fourth-order valence-electron chi connectivity index (χ4n) is 1.79. The van der Waals surface area contributed by atoms with Gasteiger partial charge in [-0.3, -0.25) is 0 Å². The number of benzene rings is 2. The van der Waals surface area contributed by atoms with Crippen molar-refractivity contribution in [2.24, 2.45) is 0 Å². The monoisotopic (exact) mass is 298 g/mol. The summed E-state index contributed by atoms with van der Waals surface area (Å²) in [7, 11) is 0. The zero-order valence-electron chi connectivity index (χ0n) is 11.0. The van der Waals surface area contributed by atoms with Crippen LogP contribution in [-0.2, 0) is 6.18 Å².